The summed E-state index contributed by atoms with van der Waals surface area (Å²) in [5, 5.41) is 0. The van der Waals surface area contributed by atoms with Crippen LogP contribution in [0.4, 0.5) is 0 Å². The zero-order chi connectivity index (χ0) is 12.2. The minimum atomic E-state index is -0.139. The monoisotopic (exact) mass is 226 g/mol. The molecule has 1 aliphatic rings. The van der Waals surface area contributed by atoms with Gasteiger partial charge in [0, 0.05) is 24.5 Å². The minimum Gasteiger partial charge on any atom is -0.341 e. The SMILES string of the molecule is CCCC(C)C(=O)N1CCCC(N)(CC)C1. The van der Waals surface area contributed by atoms with Crippen LogP contribution in [0.2, 0.25) is 0 Å². The molecule has 1 fully saturated rings. The van der Waals surface area contributed by atoms with Crippen LogP contribution in [-0.2, 0) is 4.79 Å². The third-order valence-corrected chi connectivity index (χ3v) is 3.77. The molecule has 1 aliphatic heterocycles. The zero-order valence-corrected chi connectivity index (χ0v) is 11.0. The first-order valence-corrected chi connectivity index (χ1v) is 6.60. The van der Waals surface area contributed by atoms with Crippen molar-refractivity contribution in [3.8, 4) is 0 Å². The smallest absolute Gasteiger partial charge is 0.225 e. The lowest BCUT2D eigenvalue weighted by Gasteiger charge is -2.40. The average molecular weight is 226 g/mol. The fraction of sp³-hybridized carbons (Fsp3) is 0.923. The van der Waals surface area contributed by atoms with Gasteiger partial charge in [0.2, 0.25) is 5.91 Å². The van der Waals surface area contributed by atoms with Gasteiger partial charge in [-0.15, -0.1) is 0 Å². The van der Waals surface area contributed by atoms with Crippen molar-refractivity contribution in [3.05, 3.63) is 0 Å². The summed E-state index contributed by atoms with van der Waals surface area (Å²) in [4.78, 5) is 14.1. The molecule has 1 saturated heterocycles. The molecule has 0 radical (unpaired) electrons. The van der Waals surface area contributed by atoms with Crippen molar-refractivity contribution in [3.63, 3.8) is 0 Å². The van der Waals surface area contributed by atoms with E-state index in [0.717, 1.165) is 45.2 Å². The summed E-state index contributed by atoms with van der Waals surface area (Å²) in [5.74, 6) is 0.453. The molecule has 0 aliphatic carbocycles. The van der Waals surface area contributed by atoms with Crippen LogP contribution >= 0.6 is 0 Å². The number of hydrogen-bond acceptors (Lipinski definition) is 2. The van der Waals surface area contributed by atoms with E-state index in [1.807, 2.05) is 11.8 Å². The standard InChI is InChI=1S/C13H26N2O/c1-4-7-11(3)12(16)15-9-6-8-13(14,5-2)10-15/h11H,4-10,14H2,1-3H3. The quantitative estimate of drug-likeness (QED) is 0.798. The Morgan fingerprint density at radius 3 is 2.75 bits per heavy atom. The topological polar surface area (TPSA) is 46.3 Å². The van der Waals surface area contributed by atoms with Crippen LogP contribution in [0.25, 0.3) is 0 Å². The molecule has 0 aromatic heterocycles. The predicted octanol–water partition coefficient (Wildman–Crippen LogP) is 2.15. The van der Waals surface area contributed by atoms with Crippen LogP contribution < -0.4 is 5.73 Å². The van der Waals surface area contributed by atoms with Crippen LogP contribution in [0, 0.1) is 5.92 Å². The average Bonchev–Trinajstić information content (AvgIpc) is 2.28. The lowest BCUT2D eigenvalue weighted by atomic mass is 9.87. The van der Waals surface area contributed by atoms with Crippen molar-refractivity contribution in [2.45, 2.75) is 58.4 Å². The Morgan fingerprint density at radius 1 is 1.50 bits per heavy atom. The molecule has 1 amide bonds. The highest BCUT2D eigenvalue weighted by atomic mass is 16.2. The Bertz CT molecular complexity index is 242. The predicted molar refractivity (Wildman–Crippen MR) is 67.1 cm³/mol. The van der Waals surface area contributed by atoms with E-state index in [4.69, 9.17) is 5.73 Å². The Kier molecular flexibility index (Phi) is 4.78. The van der Waals surface area contributed by atoms with Gasteiger partial charge in [0.05, 0.1) is 0 Å². The first kappa shape index (κ1) is 13.5. The van der Waals surface area contributed by atoms with Gasteiger partial charge in [0.15, 0.2) is 0 Å². The summed E-state index contributed by atoms with van der Waals surface area (Å²) < 4.78 is 0. The number of nitrogens with zero attached hydrogens (tertiary/aromatic N) is 1. The summed E-state index contributed by atoms with van der Waals surface area (Å²) in [6.45, 7) is 7.91. The van der Waals surface area contributed by atoms with E-state index in [9.17, 15) is 4.79 Å². The number of amides is 1. The van der Waals surface area contributed by atoms with E-state index in [0.29, 0.717) is 5.91 Å². The first-order chi connectivity index (χ1) is 7.52. The van der Waals surface area contributed by atoms with Crippen molar-refractivity contribution < 1.29 is 4.79 Å². The lowest BCUT2D eigenvalue weighted by Crippen LogP contribution is -2.56. The van der Waals surface area contributed by atoms with Gasteiger partial charge in [-0.25, -0.2) is 0 Å². The molecular weight excluding hydrogens is 200 g/mol. The van der Waals surface area contributed by atoms with Crippen LogP contribution in [0.1, 0.15) is 52.9 Å². The Morgan fingerprint density at radius 2 is 2.19 bits per heavy atom. The maximum Gasteiger partial charge on any atom is 0.225 e. The van der Waals surface area contributed by atoms with Crippen LogP contribution in [0.15, 0.2) is 0 Å². The van der Waals surface area contributed by atoms with Gasteiger partial charge in [0.25, 0.3) is 0 Å². The van der Waals surface area contributed by atoms with Crippen LogP contribution in [0.3, 0.4) is 0 Å². The number of nitrogens with two attached hydrogens (primary N) is 1. The van der Waals surface area contributed by atoms with Gasteiger partial charge in [-0.1, -0.05) is 27.2 Å². The normalized spacial score (nSPS) is 27.9. The van der Waals surface area contributed by atoms with E-state index in [-0.39, 0.29) is 11.5 Å². The Hall–Kier alpha value is -0.570. The Balaban J connectivity index is 2.56. The molecule has 0 bridgehead atoms. The number of hydrogen-bond donors (Lipinski definition) is 1. The lowest BCUT2D eigenvalue weighted by molar-refractivity contribution is -0.137. The summed E-state index contributed by atoms with van der Waals surface area (Å²) in [6.07, 6.45) is 5.12. The molecule has 0 spiro atoms. The highest BCUT2D eigenvalue weighted by Gasteiger charge is 2.33. The molecule has 0 saturated carbocycles. The molecule has 2 N–H and O–H groups in total. The van der Waals surface area contributed by atoms with Gasteiger partial charge in [-0.3, -0.25) is 4.79 Å². The van der Waals surface area contributed by atoms with Gasteiger partial charge in [0.1, 0.15) is 0 Å². The number of rotatable bonds is 4. The second-order valence-corrected chi connectivity index (χ2v) is 5.27. The van der Waals surface area contributed by atoms with Gasteiger partial charge >= 0.3 is 0 Å². The summed E-state index contributed by atoms with van der Waals surface area (Å²) in [6, 6.07) is 0. The van der Waals surface area contributed by atoms with Crippen LogP contribution in [-0.4, -0.2) is 29.4 Å². The minimum absolute atomic E-state index is 0.139. The number of piperidine rings is 1. The van der Waals surface area contributed by atoms with Crippen molar-refractivity contribution in [1.82, 2.24) is 4.90 Å². The number of likely N-dealkylation sites (tertiary alicyclic amines) is 1. The highest BCUT2D eigenvalue weighted by Crippen LogP contribution is 2.23. The summed E-state index contributed by atoms with van der Waals surface area (Å²) in [5.41, 5.74) is 6.13. The molecule has 0 aromatic rings. The molecule has 16 heavy (non-hydrogen) atoms. The van der Waals surface area contributed by atoms with E-state index >= 15 is 0 Å². The Labute approximate surface area is 99.4 Å². The van der Waals surface area contributed by atoms with Crippen molar-refractivity contribution >= 4 is 5.91 Å². The molecule has 2 atom stereocenters. The van der Waals surface area contributed by atoms with E-state index in [1.165, 1.54) is 0 Å². The van der Waals surface area contributed by atoms with Crippen molar-refractivity contribution in [2.24, 2.45) is 11.7 Å². The molecule has 2 unspecified atom stereocenters. The number of carbonyl (C=O) groups is 1. The van der Waals surface area contributed by atoms with Crippen LogP contribution in [0.5, 0.6) is 0 Å². The highest BCUT2D eigenvalue weighted by molar-refractivity contribution is 5.78. The second-order valence-electron chi connectivity index (χ2n) is 5.27. The zero-order valence-electron chi connectivity index (χ0n) is 11.0. The van der Waals surface area contributed by atoms with E-state index < -0.39 is 0 Å². The molecule has 1 heterocycles. The van der Waals surface area contributed by atoms with Gasteiger partial charge in [-0.2, -0.15) is 0 Å². The maximum absolute atomic E-state index is 12.2. The third kappa shape index (κ3) is 3.21. The van der Waals surface area contributed by atoms with Gasteiger partial charge in [-0.05, 0) is 25.7 Å². The molecular formula is C13H26N2O. The first-order valence-electron chi connectivity index (χ1n) is 6.60. The van der Waals surface area contributed by atoms with Crippen molar-refractivity contribution in [2.75, 3.05) is 13.1 Å². The summed E-state index contributed by atoms with van der Waals surface area (Å²) in [7, 11) is 0. The van der Waals surface area contributed by atoms with Gasteiger partial charge < -0.3 is 10.6 Å². The second kappa shape index (κ2) is 5.67. The van der Waals surface area contributed by atoms with E-state index in [1.54, 1.807) is 0 Å². The number of carbonyl (C=O) groups excluding carboxylic acids is 1. The molecule has 94 valence electrons. The van der Waals surface area contributed by atoms with Crippen molar-refractivity contribution in [1.29, 1.82) is 0 Å². The molecule has 3 heteroatoms. The van der Waals surface area contributed by atoms with E-state index in [2.05, 4.69) is 13.8 Å². The molecule has 3 nitrogen and oxygen atoms in total. The molecule has 0 aromatic carbocycles. The fourth-order valence-corrected chi connectivity index (χ4v) is 2.51. The largest absolute Gasteiger partial charge is 0.341 e. The third-order valence-electron chi connectivity index (χ3n) is 3.77. The maximum atomic E-state index is 12.2. The molecule has 1 rings (SSSR count). The fourth-order valence-electron chi connectivity index (χ4n) is 2.51. The summed E-state index contributed by atoms with van der Waals surface area (Å²) >= 11 is 0.